The van der Waals surface area contributed by atoms with E-state index in [1.54, 1.807) is 29.3 Å². The number of aromatic amines is 1. The molecule has 0 bridgehead atoms. The molecule has 7 heteroatoms. The Morgan fingerprint density at radius 3 is 2.75 bits per heavy atom. The second kappa shape index (κ2) is 5.59. The molecule has 0 aliphatic carbocycles. The van der Waals surface area contributed by atoms with Gasteiger partial charge < -0.3 is 24.5 Å². The van der Waals surface area contributed by atoms with Crippen LogP contribution in [0, 0.1) is 5.92 Å². The van der Waals surface area contributed by atoms with Gasteiger partial charge in [-0.1, -0.05) is 6.07 Å². The van der Waals surface area contributed by atoms with Gasteiger partial charge in [-0.25, -0.2) is 0 Å². The number of carboxylic acid groups (broad SMARTS) is 1. The van der Waals surface area contributed by atoms with Crippen LogP contribution in [-0.2, 0) is 4.79 Å². The van der Waals surface area contributed by atoms with Gasteiger partial charge in [0.2, 0.25) is 6.79 Å². The zero-order valence-electron chi connectivity index (χ0n) is 12.8. The smallest absolute Gasteiger partial charge is 0.308 e. The number of H-pyrrole nitrogens is 1. The predicted octanol–water partition coefficient (Wildman–Crippen LogP) is 1.68. The van der Waals surface area contributed by atoms with E-state index in [4.69, 9.17) is 9.47 Å². The first-order valence-electron chi connectivity index (χ1n) is 7.68. The molecule has 2 aliphatic heterocycles. The minimum atomic E-state index is -0.903. The van der Waals surface area contributed by atoms with Gasteiger partial charge in [0.1, 0.15) is 5.69 Å². The van der Waals surface area contributed by atoms with Crippen molar-refractivity contribution < 1.29 is 24.2 Å². The third kappa shape index (κ3) is 2.38. The van der Waals surface area contributed by atoms with E-state index in [1.165, 1.54) is 0 Å². The lowest BCUT2D eigenvalue weighted by Gasteiger charge is -2.16. The molecule has 7 nitrogen and oxygen atoms in total. The minimum Gasteiger partial charge on any atom is -0.481 e. The van der Waals surface area contributed by atoms with Gasteiger partial charge in [-0.3, -0.25) is 9.59 Å². The molecule has 1 aromatic heterocycles. The van der Waals surface area contributed by atoms with Gasteiger partial charge in [0.15, 0.2) is 11.5 Å². The van der Waals surface area contributed by atoms with Gasteiger partial charge in [0.05, 0.1) is 5.92 Å². The molecule has 2 aliphatic rings. The van der Waals surface area contributed by atoms with Crippen LogP contribution in [0.1, 0.15) is 22.0 Å². The van der Waals surface area contributed by atoms with E-state index in [0.717, 1.165) is 5.56 Å². The maximum absolute atomic E-state index is 12.5. The number of benzene rings is 1. The molecule has 1 aromatic carbocycles. The second-order valence-electron chi connectivity index (χ2n) is 5.96. The van der Waals surface area contributed by atoms with Crippen molar-refractivity contribution in [3.05, 3.63) is 47.8 Å². The van der Waals surface area contributed by atoms with Gasteiger partial charge in [-0.15, -0.1) is 0 Å². The molecule has 0 saturated carbocycles. The number of hydrogen-bond donors (Lipinski definition) is 2. The third-order valence-electron chi connectivity index (χ3n) is 4.58. The standard InChI is InChI=1S/C17H16N2O5/c20-16(13-2-1-5-18-13)19-7-11(12(8-19)17(21)22)10-3-4-14-15(6-10)24-9-23-14/h1-6,11-12,18H,7-9H2,(H,21,22)/t11-,12+/m0/s1. The number of hydrogen-bond acceptors (Lipinski definition) is 4. The first-order valence-corrected chi connectivity index (χ1v) is 7.68. The average molecular weight is 328 g/mol. The summed E-state index contributed by atoms with van der Waals surface area (Å²) in [6.45, 7) is 0.712. The van der Waals surface area contributed by atoms with E-state index in [2.05, 4.69) is 4.98 Å². The summed E-state index contributed by atoms with van der Waals surface area (Å²) in [6.07, 6.45) is 1.67. The fourth-order valence-electron chi connectivity index (χ4n) is 3.34. The fourth-order valence-corrected chi connectivity index (χ4v) is 3.34. The number of ether oxygens (including phenoxy) is 2. The zero-order valence-corrected chi connectivity index (χ0v) is 12.8. The van der Waals surface area contributed by atoms with Crippen molar-refractivity contribution in [2.24, 2.45) is 5.92 Å². The molecule has 3 heterocycles. The summed E-state index contributed by atoms with van der Waals surface area (Å²) >= 11 is 0. The number of likely N-dealkylation sites (tertiary alicyclic amines) is 1. The van der Waals surface area contributed by atoms with Crippen LogP contribution in [0.15, 0.2) is 36.5 Å². The number of aromatic nitrogens is 1. The van der Waals surface area contributed by atoms with Crippen molar-refractivity contribution in [1.82, 2.24) is 9.88 Å². The molecule has 0 radical (unpaired) electrons. The Hall–Kier alpha value is -2.96. The van der Waals surface area contributed by atoms with E-state index in [1.807, 2.05) is 12.1 Å². The first-order chi connectivity index (χ1) is 11.6. The summed E-state index contributed by atoms with van der Waals surface area (Å²) in [5.41, 5.74) is 1.30. The van der Waals surface area contributed by atoms with E-state index >= 15 is 0 Å². The van der Waals surface area contributed by atoms with E-state index in [0.29, 0.717) is 23.7 Å². The Bertz CT molecular complexity index is 786. The summed E-state index contributed by atoms with van der Waals surface area (Å²) < 4.78 is 10.7. The van der Waals surface area contributed by atoms with Gasteiger partial charge in [-0.05, 0) is 29.8 Å². The summed E-state index contributed by atoms with van der Waals surface area (Å²) in [4.78, 5) is 28.6. The highest BCUT2D eigenvalue weighted by molar-refractivity contribution is 5.93. The first kappa shape index (κ1) is 14.6. The number of carbonyl (C=O) groups excluding carboxylic acids is 1. The summed E-state index contributed by atoms with van der Waals surface area (Å²) in [7, 11) is 0. The Balaban J connectivity index is 1.62. The van der Waals surface area contributed by atoms with Gasteiger partial charge >= 0.3 is 5.97 Å². The normalized spacial score (nSPS) is 21.9. The molecule has 24 heavy (non-hydrogen) atoms. The highest BCUT2D eigenvalue weighted by atomic mass is 16.7. The number of fused-ring (bicyclic) bond motifs is 1. The number of rotatable bonds is 3. The minimum absolute atomic E-state index is 0.170. The molecule has 2 aromatic rings. The van der Waals surface area contributed by atoms with Gasteiger partial charge in [-0.2, -0.15) is 0 Å². The molecule has 1 fully saturated rings. The van der Waals surface area contributed by atoms with Gasteiger partial charge in [0, 0.05) is 25.2 Å². The van der Waals surface area contributed by atoms with Crippen molar-refractivity contribution in [3.8, 4) is 11.5 Å². The van der Waals surface area contributed by atoms with Crippen LogP contribution in [0.5, 0.6) is 11.5 Å². The maximum atomic E-state index is 12.5. The number of carboxylic acids is 1. The molecule has 1 saturated heterocycles. The van der Waals surface area contributed by atoms with Crippen LogP contribution in [-0.4, -0.2) is 46.7 Å². The average Bonchev–Trinajstić information content (AvgIpc) is 3.31. The molecular weight excluding hydrogens is 312 g/mol. The molecule has 0 unspecified atom stereocenters. The molecular formula is C17H16N2O5. The highest BCUT2D eigenvalue weighted by Crippen LogP contribution is 2.39. The van der Waals surface area contributed by atoms with E-state index < -0.39 is 11.9 Å². The van der Waals surface area contributed by atoms with Crippen molar-refractivity contribution in [2.75, 3.05) is 19.9 Å². The van der Waals surface area contributed by atoms with Crippen LogP contribution in [0.2, 0.25) is 0 Å². The van der Waals surface area contributed by atoms with Crippen LogP contribution in [0.25, 0.3) is 0 Å². The molecule has 2 atom stereocenters. The van der Waals surface area contributed by atoms with Crippen molar-refractivity contribution >= 4 is 11.9 Å². The molecule has 2 N–H and O–H groups in total. The SMILES string of the molecule is O=C(O)[C@@H]1CN(C(=O)c2ccc[nH]2)C[C@H]1c1ccc2c(c1)OCO2. The monoisotopic (exact) mass is 328 g/mol. The molecule has 1 amide bonds. The molecule has 4 rings (SSSR count). The topological polar surface area (TPSA) is 91.9 Å². The molecule has 124 valence electrons. The second-order valence-corrected chi connectivity index (χ2v) is 5.96. The Kier molecular flexibility index (Phi) is 3.41. The summed E-state index contributed by atoms with van der Waals surface area (Å²) in [6, 6.07) is 8.87. The maximum Gasteiger partial charge on any atom is 0.308 e. The van der Waals surface area contributed by atoms with Crippen LogP contribution in [0.3, 0.4) is 0 Å². The Morgan fingerprint density at radius 1 is 1.17 bits per heavy atom. The number of nitrogens with zero attached hydrogens (tertiary/aromatic N) is 1. The summed E-state index contributed by atoms with van der Waals surface area (Å²) in [5.74, 6) is -0.747. The lowest BCUT2D eigenvalue weighted by molar-refractivity contribution is -0.141. The lowest BCUT2D eigenvalue weighted by atomic mass is 9.89. The number of carbonyl (C=O) groups is 2. The largest absolute Gasteiger partial charge is 0.481 e. The third-order valence-corrected chi connectivity index (χ3v) is 4.58. The van der Waals surface area contributed by atoms with Crippen LogP contribution in [0.4, 0.5) is 0 Å². The van der Waals surface area contributed by atoms with E-state index in [-0.39, 0.29) is 25.2 Å². The quantitative estimate of drug-likeness (QED) is 0.894. The number of aliphatic carboxylic acids is 1. The number of amides is 1. The lowest BCUT2D eigenvalue weighted by Crippen LogP contribution is -2.30. The number of nitrogens with one attached hydrogen (secondary N) is 1. The molecule has 0 spiro atoms. The van der Waals surface area contributed by atoms with Crippen molar-refractivity contribution in [1.29, 1.82) is 0 Å². The Morgan fingerprint density at radius 2 is 2.00 bits per heavy atom. The van der Waals surface area contributed by atoms with Crippen molar-refractivity contribution in [3.63, 3.8) is 0 Å². The Labute approximate surface area is 137 Å². The summed E-state index contributed by atoms with van der Waals surface area (Å²) in [5, 5.41) is 9.57. The fraction of sp³-hybridized carbons (Fsp3) is 0.294. The van der Waals surface area contributed by atoms with Gasteiger partial charge in [0.25, 0.3) is 5.91 Å². The van der Waals surface area contributed by atoms with Crippen molar-refractivity contribution in [2.45, 2.75) is 5.92 Å². The van der Waals surface area contributed by atoms with Crippen LogP contribution < -0.4 is 9.47 Å². The van der Waals surface area contributed by atoms with Crippen LogP contribution >= 0.6 is 0 Å². The zero-order chi connectivity index (χ0) is 16.7. The highest BCUT2D eigenvalue weighted by Gasteiger charge is 2.41. The predicted molar refractivity (Wildman–Crippen MR) is 83.1 cm³/mol. The van der Waals surface area contributed by atoms with E-state index in [9.17, 15) is 14.7 Å².